The highest BCUT2D eigenvalue weighted by atomic mass is 19.4. The van der Waals surface area contributed by atoms with Crippen molar-refractivity contribution < 1.29 is 27.4 Å². The van der Waals surface area contributed by atoms with Crippen LogP contribution >= 0.6 is 0 Å². The third-order valence-electron chi connectivity index (χ3n) is 5.00. The van der Waals surface area contributed by atoms with E-state index in [1.165, 1.54) is 7.11 Å². The first kappa shape index (κ1) is 22.1. The number of carbonyl (C=O) groups is 1. The molecule has 0 saturated carbocycles. The number of benzene rings is 2. The second-order valence-corrected chi connectivity index (χ2v) is 7.08. The van der Waals surface area contributed by atoms with E-state index >= 15 is 0 Å². The predicted octanol–water partition coefficient (Wildman–Crippen LogP) is 4.36. The molecule has 170 valence electrons. The highest BCUT2D eigenvalue weighted by molar-refractivity contribution is 5.99. The molecule has 0 aliphatic rings. The Balaban J connectivity index is 1.70. The van der Waals surface area contributed by atoms with Crippen molar-refractivity contribution in [1.29, 1.82) is 0 Å². The third-order valence-corrected chi connectivity index (χ3v) is 5.00. The molecular formula is C23H19F3N4O3. The number of nitrogens with zero attached hydrogens (tertiary/aromatic N) is 3. The average molecular weight is 456 g/mol. The van der Waals surface area contributed by atoms with Gasteiger partial charge in [0.1, 0.15) is 17.1 Å². The van der Waals surface area contributed by atoms with Gasteiger partial charge in [-0.1, -0.05) is 12.1 Å². The predicted molar refractivity (Wildman–Crippen MR) is 114 cm³/mol. The van der Waals surface area contributed by atoms with Crippen LogP contribution in [0.25, 0.3) is 16.9 Å². The van der Waals surface area contributed by atoms with Gasteiger partial charge in [0, 0.05) is 12.1 Å². The summed E-state index contributed by atoms with van der Waals surface area (Å²) in [6, 6.07) is 14.4. The van der Waals surface area contributed by atoms with Gasteiger partial charge in [0.05, 0.1) is 26.1 Å². The lowest BCUT2D eigenvalue weighted by atomic mass is 10.1. The molecule has 1 N–H and O–H groups in total. The fraction of sp³-hybridized carbons (Fsp3) is 0.174. The van der Waals surface area contributed by atoms with Crippen molar-refractivity contribution in [1.82, 2.24) is 19.9 Å². The van der Waals surface area contributed by atoms with E-state index in [0.29, 0.717) is 21.6 Å². The lowest BCUT2D eigenvalue weighted by Crippen LogP contribution is -2.23. The van der Waals surface area contributed by atoms with Gasteiger partial charge in [-0.05, 0) is 48.0 Å². The van der Waals surface area contributed by atoms with Gasteiger partial charge in [0.15, 0.2) is 11.3 Å². The first-order valence-electron chi connectivity index (χ1n) is 9.81. The summed E-state index contributed by atoms with van der Waals surface area (Å²) in [4.78, 5) is 17.1. The Morgan fingerprint density at radius 1 is 1.00 bits per heavy atom. The van der Waals surface area contributed by atoms with Gasteiger partial charge in [-0.25, -0.2) is 9.50 Å². The van der Waals surface area contributed by atoms with Gasteiger partial charge >= 0.3 is 6.18 Å². The molecule has 0 aliphatic carbocycles. The number of halogens is 3. The van der Waals surface area contributed by atoms with Crippen molar-refractivity contribution in [2.24, 2.45) is 0 Å². The standard InChI is InChI=1S/C23H19F3N4O3/c1-32-16-7-3-14(4-8-16)12-27-22(31)18-13-28-30-20(23(24,25)26)11-19(29-21(18)30)15-5-9-17(33-2)10-6-15/h3-11,13H,12H2,1-2H3,(H,27,31). The van der Waals surface area contributed by atoms with Gasteiger partial charge in [-0.3, -0.25) is 4.79 Å². The SMILES string of the molecule is COc1ccc(CNC(=O)c2cnn3c(C(F)(F)F)cc(-c4ccc(OC)cc4)nc23)cc1. The van der Waals surface area contributed by atoms with Crippen LogP contribution in [-0.2, 0) is 12.7 Å². The van der Waals surface area contributed by atoms with Crippen molar-refractivity contribution in [3.8, 4) is 22.8 Å². The highest BCUT2D eigenvalue weighted by Gasteiger charge is 2.36. The first-order valence-corrected chi connectivity index (χ1v) is 9.81. The van der Waals surface area contributed by atoms with Gasteiger partial charge in [-0.15, -0.1) is 0 Å². The topological polar surface area (TPSA) is 77.8 Å². The van der Waals surface area contributed by atoms with E-state index in [1.807, 2.05) is 0 Å². The molecule has 33 heavy (non-hydrogen) atoms. The molecule has 4 aromatic rings. The zero-order valence-electron chi connectivity index (χ0n) is 17.7. The van der Waals surface area contributed by atoms with E-state index in [1.54, 1.807) is 55.6 Å². The van der Waals surface area contributed by atoms with Crippen LogP contribution in [0.4, 0.5) is 13.2 Å². The number of amides is 1. The number of carbonyl (C=O) groups excluding carboxylic acids is 1. The minimum atomic E-state index is -4.70. The van der Waals surface area contributed by atoms with Crippen LogP contribution in [0.1, 0.15) is 21.6 Å². The Kier molecular flexibility index (Phi) is 5.91. The third kappa shape index (κ3) is 4.59. The van der Waals surface area contributed by atoms with E-state index < -0.39 is 17.8 Å². The molecule has 0 bridgehead atoms. The smallest absolute Gasteiger partial charge is 0.433 e. The molecule has 2 aromatic carbocycles. The summed E-state index contributed by atoms with van der Waals surface area (Å²) in [5, 5.41) is 6.48. The number of fused-ring (bicyclic) bond motifs is 1. The van der Waals surface area contributed by atoms with Crippen molar-refractivity contribution in [3.05, 3.63) is 77.6 Å². The number of ether oxygens (including phenoxy) is 2. The summed E-state index contributed by atoms with van der Waals surface area (Å²) in [5.74, 6) is 0.634. The molecule has 0 saturated heterocycles. The fourth-order valence-corrected chi connectivity index (χ4v) is 3.26. The molecule has 4 rings (SSSR count). The lowest BCUT2D eigenvalue weighted by Gasteiger charge is -2.12. The maximum Gasteiger partial charge on any atom is 0.433 e. The summed E-state index contributed by atoms with van der Waals surface area (Å²) in [5.41, 5.74) is 0.0000267. The Morgan fingerprint density at radius 2 is 1.61 bits per heavy atom. The summed E-state index contributed by atoms with van der Waals surface area (Å²) < 4.78 is 52.1. The molecule has 10 heteroatoms. The first-order chi connectivity index (χ1) is 15.8. The highest BCUT2D eigenvalue weighted by Crippen LogP contribution is 2.33. The second kappa shape index (κ2) is 8.81. The number of rotatable bonds is 6. The van der Waals surface area contributed by atoms with Crippen LogP contribution < -0.4 is 14.8 Å². The summed E-state index contributed by atoms with van der Waals surface area (Å²) in [6.07, 6.45) is -3.62. The van der Waals surface area contributed by atoms with Gasteiger partial charge in [0.25, 0.3) is 5.91 Å². The van der Waals surface area contributed by atoms with E-state index in [4.69, 9.17) is 9.47 Å². The van der Waals surface area contributed by atoms with Gasteiger partial charge in [-0.2, -0.15) is 18.3 Å². The van der Waals surface area contributed by atoms with Crippen LogP contribution in [0.15, 0.2) is 60.8 Å². The van der Waals surface area contributed by atoms with E-state index in [2.05, 4.69) is 15.4 Å². The van der Waals surface area contributed by atoms with E-state index in [-0.39, 0.29) is 23.4 Å². The van der Waals surface area contributed by atoms with Crippen LogP contribution in [-0.4, -0.2) is 34.7 Å². The maximum absolute atomic E-state index is 13.8. The number of hydrogen-bond donors (Lipinski definition) is 1. The molecule has 7 nitrogen and oxygen atoms in total. The quantitative estimate of drug-likeness (QED) is 0.467. The molecule has 0 unspecified atom stereocenters. The van der Waals surface area contributed by atoms with Crippen LogP contribution in [0.3, 0.4) is 0 Å². The Morgan fingerprint density at radius 3 is 2.18 bits per heavy atom. The normalized spacial score (nSPS) is 11.4. The molecule has 0 spiro atoms. The molecule has 0 atom stereocenters. The number of hydrogen-bond acceptors (Lipinski definition) is 5. The Bertz CT molecular complexity index is 1280. The maximum atomic E-state index is 13.8. The second-order valence-electron chi connectivity index (χ2n) is 7.08. The minimum absolute atomic E-state index is 0.0576. The molecule has 2 aromatic heterocycles. The van der Waals surface area contributed by atoms with Crippen LogP contribution in [0, 0.1) is 0 Å². The largest absolute Gasteiger partial charge is 0.497 e. The summed E-state index contributed by atoms with van der Waals surface area (Å²) >= 11 is 0. The lowest BCUT2D eigenvalue weighted by molar-refractivity contribution is -0.142. The number of nitrogens with one attached hydrogen (secondary N) is 1. The molecule has 0 radical (unpaired) electrons. The van der Waals surface area contributed by atoms with Crippen LogP contribution in [0.2, 0.25) is 0 Å². The zero-order chi connectivity index (χ0) is 23.6. The van der Waals surface area contributed by atoms with Crippen molar-refractivity contribution in [2.75, 3.05) is 14.2 Å². The van der Waals surface area contributed by atoms with Crippen molar-refractivity contribution >= 4 is 11.6 Å². The number of alkyl halides is 3. The Hall–Kier alpha value is -4.08. The molecule has 1 amide bonds. The number of methoxy groups -OCH3 is 2. The molecule has 0 fully saturated rings. The van der Waals surface area contributed by atoms with E-state index in [9.17, 15) is 18.0 Å². The zero-order valence-corrected chi connectivity index (χ0v) is 17.7. The number of aromatic nitrogens is 3. The van der Waals surface area contributed by atoms with Crippen LogP contribution in [0.5, 0.6) is 11.5 Å². The fourth-order valence-electron chi connectivity index (χ4n) is 3.26. The van der Waals surface area contributed by atoms with Gasteiger partial charge < -0.3 is 14.8 Å². The van der Waals surface area contributed by atoms with Crippen molar-refractivity contribution in [3.63, 3.8) is 0 Å². The average Bonchev–Trinajstić information content (AvgIpc) is 3.25. The molecule has 0 aliphatic heterocycles. The molecule has 2 heterocycles. The van der Waals surface area contributed by atoms with E-state index in [0.717, 1.165) is 17.8 Å². The molecular weight excluding hydrogens is 437 g/mol. The summed E-state index contributed by atoms with van der Waals surface area (Å²) in [7, 11) is 3.04. The Labute approximate surface area is 186 Å². The summed E-state index contributed by atoms with van der Waals surface area (Å²) in [6.45, 7) is 0.171. The minimum Gasteiger partial charge on any atom is -0.497 e. The monoisotopic (exact) mass is 456 g/mol. The van der Waals surface area contributed by atoms with Crippen molar-refractivity contribution in [2.45, 2.75) is 12.7 Å². The van der Waals surface area contributed by atoms with Gasteiger partial charge in [0.2, 0.25) is 0 Å².